The van der Waals surface area contributed by atoms with Gasteiger partial charge in [-0.05, 0) is 6.92 Å². The summed E-state index contributed by atoms with van der Waals surface area (Å²) in [5, 5.41) is -0.643. The summed E-state index contributed by atoms with van der Waals surface area (Å²) < 4.78 is 30.7. The summed E-state index contributed by atoms with van der Waals surface area (Å²) in [6, 6.07) is 0. The smallest absolute Gasteiger partial charge is 0.224 e. The average Bonchev–Trinajstić information content (AvgIpc) is 2.38. The van der Waals surface area contributed by atoms with Crippen LogP contribution in [-0.2, 0) is 19.6 Å². The van der Waals surface area contributed by atoms with Gasteiger partial charge in [0.15, 0.2) is 0 Å². The summed E-state index contributed by atoms with van der Waals surface area (Å²) >= 11 is 0. The summed E-state index contributed by atoms with van der Waals surface area (Å²) in [4.78, 5) is 13.4. The number of nitrogens with zero attached hydrogens (tertiary/aromatic N) is 1. The van der Waals surface area contributed by atoms with Crippen molar-refractivity contribution in [3.63, 3.8) is 0 Å². The van der Waals surface area contributed by atoms with Crippen LogP contribution in [0.5, 0.6) is 0 Å². The second-order valence-corrected chi connectivity index (χ2v) is 6.41. The molecule has 1 atom stereocenters. The van der Waals surface area contributed by atoms with Crippen LogP contribution in [0.2, 0.25) is 0 Å². The number of carbonyl (C=O) groups is 1. The Balaban J connectivity index is 2.30. The van der Waals surface area contributed by atoms with Crippen molar-refractivity contribution >= 4 is 15.9 Å². The summed E-state index contributed by atoms with van der Waals surface area (Å²) in [7, 11) is -3.41. The van der Waals surface area contributed by atoms with Crippen molar-refractivity contribution < 1.29 is 17.9 Å². The number of sulfonamides is 1. The van der Waals surface area contributed by atoms with E-state index in [0.29, 0.717) is 26.3 Å². The fraction of sp³-hybridized carbons (Fsp3) is 0.900. The third-order valence-corrected chi connectivity index (χ3v) is 4.73. The number of ether oxygens (including phenoxy) is 1. The Labute approximate surface area is 108 Å². The van der Waals surface area contributed by atoms with E-state index in [2.05, 4.69) is 4.72 Å². The highest BCUT2D eigenvalue weighted by molar-refractivity contribution is 7.90. The molecule has 0 aromatic carbocycles. The second-order valence-electron chi connectivity index (χ2n) is 4.23. The Hall–Kier alpha value is -0.700. The van der Waals surface area contributed by atoms with E-state index < -0.39 is 15.3 Å². The molecule has 106 valence electrons. The zero-order valence-electron chi connectivity index (χ0n) is 10.6. The summed E-state index contributed by atoms with van der Waals surface area (Å²) in [6.45, 7) is 3.95. The highest BCUT2D eigenvalue weighted by Crippen LogP contribution is 2.01. The van der Waals surface area contributed by atoms with E-state index >= 15 is 0 Å². The number of amides is 1. The molecule has 3 N–H and O–H groups in total. The number of morpholine rings is 1. The van der Waals surface area contributed by atoms with Gasteiger partial charge in [0.1, 0.15) is 0 Å². The van der Waals surface area contributed by atoms with E-state index in [4.69, 9.17) is 10.5 Å². The molecule has 0 saturated carbocycles. The lowest BCUT2D eigenvalue weighted by molar-refractivity contribution is -0.135. The first-order chi connectivity index (χ1) is 8.47. The van der Waals surface area contributed by atoms with Gasteiger partial charge in [-0.15, -0.1) is 0 Å². The van der Waals surface area contributed by atoms with Gasteiger partial charge in [-0.2, -0.15) is 0 Å². The quantitative estimate of drug-likeness (QED) is 0.616. The van der Waals surface area contributed by atoms with E-state index in [-0.39, 0.29) is 25.4 Å². The molecule has 7 nitrogen and oxygen atoms in total. The Bertz CT molecular complexity index is 365. The molecule has 0 aromatic heterocycles. The van der Waals surface area contributed by atoms with Crippen molar-refractivity contribution in [2.75, 3.05) is 39.4 Å². The molecule has 18 heavy (non-hydrogen) atoms. The van der Waals surface area contributed by atoms with Gasteiger partial charge < -0.3 is 15.4 Å². The molecular weight excluding hydrogens is 258 g/mol. The number of hydrogen-bond donors (Lipinski definition) is 2. The predicted octanol–water partition coefficient (Wildman–Crippen LogP) is -1.50. The lowest BCUT2D eigenvalue weighted by Crippen LogP contribution is -2.43. The number of hydrogen-bond acceptors (Lipinski definition) is 5. The molecule has 1 aliphatic heterocycles. The van der Waals surface area contributed by atoms with Crippen molar-refractivity contribution in [2.24, 2.45) is 5.73 Å². The van der Waals surface area contributed by atoms with E-state index in [0.717, 1.165) is 0 Å². The molecule has 0 aliphatic carbocycles. The van der Waals surface area contributed by atoms with Crippen molar-refractivity contribution in [3.8, 4) is 0 Å². The van der Waals surface area contributed by atoms with Crippen LogP contribution in [0.15, 0.2) is 0 Å². The van der Waals surface area contributed by atoms with Crippen molar-refractivity contribution in [2.45, 2.75) is 18.6 Å². The van der Waals surface area contributed by atoms with Crippen LogP contribution in [0.1, 0.15) is 13.3 Å². The zero-order chi connectivity index (χ0) is 13.6. The summed E-state index contributed by atoms with van der Waals surface area (Å²) in [5.74, 6) is -0.0543. The third-order valence-electron chi connectivity index (χ3n) is 2.87. The normalized spacial score (nSPS) is 18.7. The minimum Gasteiger partial charge on any atom is -0.378 e. The molecule has 8 heteroatoms. The first-order valence-corrected chi connectivity index (χ1v) is 7.56. The minimum atomic E-state index is -3.41. The van der Waals surface area contributed by atoms with Gasteiger partial charge in [0.2, 0.25) is 15.9 Å². The van der Waals surface area contributed by atoms with Crippen molar-refractivity contribution in [1.29, 1.82) is 0 Å². The molecule has 1 aliphatic rings. The minimum absolute atomic E-state index is 0.0543. The van der Waals surface area contributed by atoms with Crippen LogP contribution in [0.3, 0.4) is 0 Å². The third kappa shape index (κ3) is 4.52. The molecule has 0 aromatic rings. The molecule has 0 spiro atoms. The first kappa shape index (κ1) is 15.4. The number of nitrogens with two attached hydrogens (primary N) is 1. The van der Waals surface area contributed by atoms with Crippen LogP contribution in [0.4, 0.5) is 0 Å². The number of rotatable bonds is 6. The molecule has 1 amide bonds. The number of carbonyl (C=O) groups excluding carboxylic acids is 1. The predicted molar refractivity (Wildman–Crippen MR) is 67.5 cm³/mol. The fourth-order valence-electron chi connectivity index (χ4n) is 1.54. The van der Waals surface area contributed by atoms with E-state index in [9.17, 15) is 13.2 Å². The maximum absolute atomic E-state index is 11.7. The van der Waals surface area contributed by atoms with Gasteiger partial charge in [-0.3, -0.25) is 4.79 Å². The van der Waals surface area contributed by atoms with E-state index in [1.54, 1.807) is 4.90 Å². The zero-order valence-corrected chi connectivity index (χ0v) is 11.4. The fourth-order valence-corrected chi connectivity index (χ4v) is 2.46. The highest BCUT2D eigenvalue weighted by Gasteiger charge is 2.20. The Kier molecular flexibility index (Phi) is 6.00. The topological polar surface area (TPSA) is 102 Å². The molecule has 0 radical (unpaired) electrons. The van der Waals surface area contributed by atoms with Gasteiger partial charge in [0.05, 0.1) is 18.5 Å². The largest absolute Gasteiger partial charge is 0.378 e. The second kappa shape index (κ2) is 7.03. The highest BCUT2D eigenvalue weighted by atomic mass is 32.2. The average molecular weight is 279 g/mol. The lowest BCUT2D eigenvalue weighted by Gasteiger charge is -2.26. The van der Waals surface area contributed by atoms with Crippen molar-refractivity contribution in [1.82, 2.24) is 9.62 Å². The first-order valence-electron chi connectivity index (χ1n) is 6.01. The SMILES string of the molecule is CC(CN)S(=O)(=O)NCCC(=O)N1CCOCC1. The van der Waals surface area contributed by atoms with Gasteiger partial charge in [-0.1, -0.05) is 0 Å². The van der Waals surface area contributed by atoms with Crippen LogP contribution in [0, 0.1) is 0 Å². The van der Waals surface area contributed by atoms with Gasteiger partial charge >= 0.3 is 0 Å². The lowest BCUT2D eigenvalue weighted by atomic mass is 10.3. The van der Waals surface area contributed by atoms with Crippen LogP contribution in [0.25, 0.3) is 0 Å². The van der Waals surface area contributed by atoms with Gasteiger partial charge in [0, 0.05) is 32.6 Å². The molecular formula is C10H21N3O4S. The van der Waals surface area contributed by atoms with E-state index in [1.807, 2.05) is 0 Å². The molecule has 1 rings (SSSR count). The number of nitrogens with one attached hydrogen (secondary N) is 1. The van der Waals surface area contributed by atoms with Gasteiger partial charge in [-0.25, -0.2) is 13.1 Å². The van der Waals surface area contributed by atoms with Crippen LogP contribution in [-0.4, -0.2) is 63.9 Å². The standard InChI is InChI=1S/C10H21N3O4S/c1-9(8-11)18(15,16)12-3-2-10(14)13-4-6-17-7-5-13/h9,12H,2-8,11H2,1H3. The monoisotopic (exact) mass is 279 g/mol. The summed E-state index contributed by atoms with van der Waals surface area (Å²) in [6.07, 6.45) is 0.163. The maximum Gasteiger partial charge on any atom is 0.224 e. The van der Waals surface area contributed by atoms with Crippen molar-refractivity contribution in [3.05, 3.63) is 0 Å². The molecule has 1 saturated heterocycles. The molecule has 0 bridgehead atoms. The van der Waals surface area contributed by atoms with Gasteiger partial charge in [0.25, 0.3) is 0 Å². The van der Waals surface area contributed by atoms with Crippen LogP contribution >= 0.6 is 0 Å². The maximum atomic E-state index is 11.7. The van der Waals surface area contributed by atoms with E-state index in [1.165, 1.54) is 6.92 Å². The molecule has 1 fully saturated rings. The van der Waals surface area contributed by atoms with Crippen LogP contribution < -0.4 is 10.5 Å². The molecule has 1 unspecified atom stereocenters. The Morgan fingerprint density at radius 3 is 2.61 bits per heavy atom. The Morgan fingerprint density at radius 2 is 2.06 bits per heavy atom. The molecule has 1 heterocycles. The Morgan fingerprint density at radius 1 is 1.44 bits per heavy atom. The summed E-state index contributed by atoms with van der Waals surface area (Å²) in [5.41, 5.74) is 5.30.